The van der Waals surface area contributed by atoms with E-state index < -0.39 is 11.6 Å². The van der Waals surface area contributed by atoms with Crippen LogP contribution in [0.5, 0.6) is 0 Å². The van der Waals surface area contributed by atoms with Crippen molar-refractivity contribution in [1.82, 2.24) is 9.80 Å². The minimum Gasteiger partial charge on any atom is -0.337 e. The van der Waals surface area contributed by atoms with Crippen molar-refractivity contribution >= 4 is 5.91 Å². The van der Waals surface area contributed by atoms with Crippen molar-refractivity contribution < 1.29 is 13.6 Å². The summed E-state index contributed by atoms with van der Waals surface area (Å²) >= 11 is 0. The maximum Gasteiger partial charge on any atom is 0.222 e. The first-order valence-electron chi connectivity index (χ1n) is 10.1. The molecule has 26 heavy (non-hydrogen) atoms. The van der Waals surface area contributed by atoms with Gasteiger partial charge in [-0.25, -0.2) is 8.78 Å². The molecule has 1 aromatic rings. The van der Waals surface area contributed by atoms with Crippen LogP contribution in [0.3, 0.4) is 0 Å². The van der Waals surface area contributed by atoms with Gasteiger partial charge in [-0.05, 0) is 55.8 Å². The lowest BCUT2D eigenvalue weighted by Gasteiger charge is -2.51. The minimum absolute atomic E-state index is 0.122. The van der Waals surface area contributed by atoms with Gasteiger partial charge in [0.15, 0.2) is 11.6 Å². The molecular weight excluding hydrogens is 334 g/mol. The summed E-state index contributed by atoms with van der Waals surface area (Å²) in [6.45, 7) is 2.57. The van der Waals surface area contributed by atoms with Gasteiger partial charge >= 0.3 is 0 Å². The second-order valence-corrected chi connectivity index (χ2v) is 8.63. The van der Waals surface area contributed by atoms with Gasteiger partial charge in [0.1, 0.15) is 0 Å². The molecule has 0 unspecified atom stereocenters. The Morgan fingerprint density at radius 1 is 1.08 bits per heavy atom. The van der Waals surface area contributed by atoms with E-state index in [9.17, 15) is 13.6 Å². The molecule has 1 amide bonds. The summed E-state index contributed by atoms with van der Waals surface area (Å²) in [5.41, 5.74) is 0.449. The van der Waals surface area contributed by atoms with Gasteiger partial charge in [-0.1, -0.05) is 25.0 Å². The molecular formula is C21H26F2N2O. The maximum atomic E-state index is 14.5. The molecule has 1 aliphatic carbocycles. The number of hydrogen-bond donors (Lipinski definition) is 0. The zero-order chi connectivity index (χ0) is 17.8. The van der Waals surface area contributed by atoms with Gasteiger partial charge in [-0.3, -0.25) is 9.69 Å². The normalized spacial score (nSPS) is 35.6. The molecule has 140 valence electrons. The second kappa shape index (κ2) is 6.29. The molecule has 1 saturated carbocycles. The lowest BCUT2D eigenvalue weighted by Crippen LogP contribution is -2.60. The third-order valence-electron chi connectivity index (χ3n) is 7.16. The van der Waals surface area contributed by atoms with Crippen molar-refractivity contribution in [3.63, 3.8) is 0 Å². The van der Waals surface area contributed by atoms with E-state index in [2.05, 4.69) is 4.90 Å². The van der Waals surface area contributed by atoms with Crippen LogP contribution in [0.2, 0.25) is 0 Å². The average molecular weight is 360 g/mol. The third kappa shape index (κ3) is 2.67. The van der Waals surface area contributed by atoms with E-state index in [1.807, 2.05) is 4.90 Å². The van der Waals surface area contributed by atoms with Crippen LogP contribution >= 0.6 is 0 Å². The van der Waals surface area contributed by atoms with Crippen LogP contribution < -0.4 is 0 Å². The van der Waals surface area contributed by atoms with Crippen molar-refractivity contribution in [2.24, 2.45) is 11.8 Å². The number of nitrogens with zero attached hydrogens (tertiary/aromatic N) is 2. The third-order valence-corrected chi connectivity index (χ3v) is 7.16. The van der Waals surface area contributed by atoms with Crippen molar-refractivity contribution in [3.05, 3.63) is 35.4 Å². The number of benzene rings is 1. The predicted octanol–water partition coefficient (Wildman–Crippen LogP) is 3.54. The first kappa shape index (κ1) is 16.7. The molecule has 0 spiro atoms. The molecule has 3 atom stereocenters. The molecule has 0 aromatic heterocycles. The first-order valence-corrected chi connectivity index (χ1v) is 10.1. The number of hydrogen-bond acceptors (Lipinski definition) is 2. The van der Waals surface area contributed by atoms with Gasteiger partial charge in [0.25, 0.3) is 0 Å². The molecule has 5 heteroatoms. The SMILES string of the molecule is O=C(CCC1CC1)N1C[C@H](c2cccc(F)c2F)[C@H]2[C@@H]1C1CCN2CC1. The highest BCUT2D eigenvalue weighted by Gasteiger charge is 2.55. The number of piperidine rings is 3. The fourth-order valence-electron chi connectivity index (χ4n) is 5.66. The maximum absolute atomic E-state index is 14.5. The lowest BCUT2D eigenvalue weighted by molar-refractivity contribution is -0.136. The number of amides is 1. The fraction of sp³-hybridized carbons (Fsp3) is 0.667. The first-order chi connectivity index (χ1) is 12.6. The summed E-state index contributed by atoms with van der Waals surface area (Å²) in [6.07, 6.45) is 6.34. The molecule has 5 fully saturated rings. The Hall–Kier alpha value is -1.49. The summed E-state index contributed by atoms with van der Waals surface area (Å²) in [7, 11) is 0. The Morgan fingerprint density at radius 2 is 1.85 bits per heavy atom. The fourth-order valence-corrected chi connectivity index (χ4v) is 5.66. The molecule has 2 bridgehead atoms. The quantitative estimate of drug-likeness (QED) is 0.820. The second-order valence-electron chi connectivity index (χ2n) is 8.63. The molecule has 4 heterocycles. The van der Waals surface area contributed by atoms with Gasteiger partial charge < -0.3 is 4.90 Å². The van der Waals surface area contributed by atoms with Crippen LogP contribution in [0, 0.1) is 23.5 Å². The summed E-state index contributed by atoms with van der Waals surface area (Å²) in [5, 5.41) is 0. The van der Waals surface area contributed by atoms with E-state index in [4.69, 9.17) is 0 Å². The van der Waals surface area contributed by atoms with E-state index in [1.54, 1.807) is 12.1 Å². The Labute approximate surface area is 153 Å². The summed E-state index contributed by atoms with van der Waals surface area (Å²) in [6, 6.07) is 4.80. The number of likely N-dealkylation sites (tertiary alicyclic amines) is 1. The highest BCUT2D eigenvalue weighted by molar-refractivity contribution is 5.77. The molecule has 5 aliphatic rings. The smallest absolute Gasteiger partial charge is 0.222 e. The average Bonchev–Trinajstić information content (AvgIpc) is 3.40. The topological polar surface area (TPSA) is 23.6 Å². The molecule has 1 aromatic carbocycles. The van der Waals surface area contributed by atoms with Gasteiger partial charge in [-0.2, -0.15) is 0 Å². The molecule has 3 nitrogen and oxygen atoms in total. The standard InChI is InChI=1S/C21H26F2N2O/c22-17-3-1-2-15(19(17)23)16-12-25(18(26)7-6-13-4-5-13)20-14-8-10-24(11-9-14)21(16)20/h1-3,13-14,16,20-21H,4-12H2/t16-,20+,21+/m1/s1. The van der Waals surface area contributed by atoms with Crippen LogP contribution in [0.15, 0.2) is 18.2 Å². The Morgan fingerprint density at radius 3 is 2.58 bits per heavy atom. The largest absolute Gasteiger partial charge is 0.337 e. The van der Waals surface area contributed by atoms with E-state index in [0.29, 0.717) is 24.4 Å². The van der Waals surface area contributed by atoms with Crippen molar-refractivity contribution in [3.8, 4) is 0 Å². The highest BCUT2D eigenvalue weighted by Crippen LogP contribution is 2.47. The zero-order valence-electron chi connectivity index (χ0n) is 15.0. The number of carbonyl (C=O) groups is 1. The van der Waals surface area contributed by atoms with Crippen LogP contribution in [-0.2, 0) is 4.79 Å². The van der Waals surface area contributed by atoms with E-state index >= 15 is 0 Å². The number of fused-ring (bicyclic) bond motifs is 2. The highest BCUT2D eigenvalue weighted by atomic mass is 19.2. The van der Waals surface area contributed by atoms with Crippen molar-refractivity contribution in [2.45, 2.75) is 56.5 Å². The predicted molar refractivity (Wildman–Crippen MR) is 94.6 cm³/mol. The number of rotatable bonds is 4. The van der Waals surface area contributed by atoms with Gasteiger partial charge in [0.2, 0.25) is 5.91 Å². The number of carbonyl (C=O) groups excluding carboxylic acids is 1. The minimum atomic E-state index is -0.784. The number of halogens is 2. The van der Waals surface area contributed by atoms with Crippen LogP contribution in [0.1, 0.15) is 50.0 Å². The summed E-state index contributed by atoms with van der Waals surface area (Å²) in [5.74, 6) is -0.166. The van der Waals surface area contributed by atoms with Crippen LogP contribution in [0.4, 0.5) is 8.78 Å². The zero-order valence-corrected chi connectivity index (χ0v) is 15.0. The molecule has 4 saturated heterocycles. The van der Waals surface area contributed by atoms with Gasteiger partial charge in [0.05, 0.1) is 6.04 Å². The Bertz CT molecular complexity index is 712. The summed E-state index contributed by atoms with van der Waals surface area (Å²) < 4.78 is 28.4. The molecule has 0 N–H and O–H groups in total. The lowest BCUT2D eigenvalue weighted by atomic mass is 9.75. The Kier molecular flexibility index (Phi) is 4.03. The van der Waals surface area contributed by atoms with Crippen LogP contribution in [0.25, 0.3) is 0 Å². The molecule has 0 radical (unpaired) electrons. The van der Waals surface area contributed by atoms with E-state index in [-0.39, 0.29) is 23.9 Å². The molecule has 6 rings (SSSR count). The van der Waals surface area contributed by atoms with E-state index in [1.165, 1.54) is 18.9 Å². The monoisotopic (exact) mass is 360 g/mol. The summed E-state index contributed by atoms with van der Waals surface area (Å²) in [4.78, 5) is 17.4. The molecule has 4 aliphatic heterocycles. The Balaban J connectivity index is 1.46. The van der Waals surface area contributed by atoms with Gasteiger partial charge in [0, 0.05) is 24.9 Å². The van der Waals surface area contributed by atoms with Gasteiger partial charge in [-0.15, -0.1) is 0 Å². The van der Waals surface area contributed by atoms with Crippen molar-refractivity contribution in [2.75, 3.05) is 19.6 Å². The van der Waals surface area contributed by atoms with E-state index in [0.717, 1.165) is 38.3 Å². The van der Waals surface area contributed by atoms with Crippen LogP contribution in [-0.4, -0.2) is 47.4 Å². The van der Waals surface area contributed by atoms with Crippen molar-refractivity contribution in [1.29, 1.82) is 0 Å².